The van der Waals surface area contributed by atoms with E-state index in [1.54, 1.807) is 44.2 Å². The van der Waals surface area contributed by atoms with Crippen molar-refractivity contribution in [1.82, 2.24) is 41.8 Å². The van der Waals surface area contributed by atoms with Crippen LogP contribution in [-0.2, 0) is 77.7 Å². The molecule has 2 aliphatic carbocycles. The molecule has 27 nitrogen and oxygen atoms in total. The Hall–Kier alpha value is -7.64. The number of fused-ring (bicyclic) bond motifs is 4. The van der Waals surface area contributed by atoms with Gasteiger partial charge in [-0.25, -0.2) is 13.6 Å². The van der Waals surface area contributed by atoms with Crippen molar-refractivity contribution in [1.29, 1.82) is 0 Å². The van der Waals surface area contributed by atoms with Crippen LogP contribution in [0.15, 0.2) is 80.4 Å². The van der Waals surface area contributed by atoms with Gasteiger partial charge in [-0.3, -0.25) is 43.3 Å². The van der Waals surface area contributed by atoms with Crippen LogP contribution in [0, 0.1) is 5.92 Å². The fourth-order valence-corrected chi connectivity index (χ4v) is 11.2. The molecule has 0 bridgehead atoms. The summed E-state index contributed by atoms with van der Waals surface area (Å²) >= 11 is 0. The number of cyclic esters (lactones) is 1. The number of ether oxygens (including phenoxy) is 3. The molecule has 85 heavy (non-hydrogen) atoms. The van der Waals surface area contributed by atoms with Crippen molar-refractivity contribution < 1.29 is 86.9 Å². The molecule has 460 valence electrons. The van der Waals surface area contributed by atoms with E-state index in [-0.39, 0.29) is 68.6 Å². The van der Waals surface area contributed by atoms with Gasteiger partial charge in [-0.05, 0) is 68.4 Å². The van der Waals surface area contributed by atoms with E-state index in [0.717, 1.165) is 12.5 Å². The van der Waals surface area contributed by atoms with E-state index in [1.165, 1.54) is 16.7 Å². The van der Waals surface area contributed by atoms with Gasteiger partial charge in [0.05, 0.1) is 74.5 Å². The Morgan fingerprint density at radius 3 is 2.32 bits per heavy atom. The molecule has 1 saturated heterocycles. The van der Waals surface area contributed by atoms with Gasteiger partial charge in [-0.1, -0.05) is 42.8 Å². The molecule has 2 aromatic rings. The van der Waals surface area contributed by atoms with E-state index >= 15 is 8.78 Å². The Morgan fingerprint density at radius 1 is 0.929 bits per heavy atom. The number of nitrogens with zero attached hydrogens (tertiary/aromatic N) is 2. The Morgan fingerprint density at radius 2 is 1.61 bits per heavy atom. The summed E-state index contributed by atoms with van der Waals surface area (Å²) in [5.41, 5.74) is 4.37. The zero-order chi connectivity index (χ0) is 61.7. The number of carbonyl (C=O) groups is 8. The third kappa shape index (κ3) is 13.9. The topological polar surface area (TPSA) is 410 Å². The molecule has 7 amide bonds. The van der Waals surface area contributed by atoms with Crippen LogP contribution < -0.4 is 48.5 Å². The molecule has 29 heteroatoms. The van der Waals surface area contributed by atoms with E-state index in [2.05, 4.69) is 37.2 Å². The number of aromatic nitrogens is 1. The molecule has 1 aromatic carbocycles. The SMILES string of the molecule is CC[C@@]1(O)C(=O)OCc2c1cc1n(c2=O)CC2=C3C4C(=C(C)C(F)=CC4N=C21)CC[C@@H]3NC(=O)C(C)(F)COCNC(=O)CNC(=O)[C@H](Cc1ccccc1)NC(=O)CNC(=O)CNC(=O)[C@@H](N)CCC(=O)NC[C@@H]1O[C@H](CO)[C@@H](O)[C@H](O)[C@H]1O. The summed E-state index contributed by atoms with van der Waals surface area (Å²) in [6.07, 6.45) is -5.71. The van der Waals surface area contributed by atoms with Gasteiger partial charge in [-0.15, -0.1) is 0 Å². The molecule has 1 aromatic heterocycles. The molecule has 0 radical (unpaired) electrons. The number of allylic oxidation sites excluding steroid dienone is 3. The van der Waals surface area contributed by atoms with Crippen LogP contribution in [0.25, 0.3) is 0 Å². The number of amides is 7. The smallest absolute Gasteiger partial charge is 0.343 e. The van der Waals surface area contributed by atoms with Gasteiger partial charge < -0.3 is 87.3 Å². The number of aliphatic hydroxyl groups excluding tert-OH is 4. The van der Waals surface area contributed by atoms with E-state index in [9.17, 15) is 68.7 Å². The molecule has 12 atom stereocenters. The number of pyridine rings is 1. The summed E-state index contributed by atoms with van der Waals surface area (Å²) in [4.78, 5) is 122. The normalized spacial score (nSPS) is 26.0. The highest BCUT2D eigenvalue weighted by Gasteiger charge is 2.50. The van der Waals surface area contributed by atoms with Crippen LogP contribution in [0.4, 0.5) is 8.78 Å². The number of nitrogens with one attached hydrogen (secondary N) is 7. The molecule has 2 fully saturated rings. The van der Waals surface area contributed by atoms with Crippen LogP contribution in [0.1, 0.15) is 75.3 Å². The van der Waals surface area contributed by atoms with Crippen molar-refractivity contribution in [3.05, 3.63) is 103 Å². The van der Waals surface area contributed by atoms with Crippen LogP contribution in [0.5, 0.6) is 0 Å². The zero-order valence-corrected chi connectivity index (χ0v) is 46.8. The highest BCUT2D eigenvalue weighted by atomic mass is 19.1. The number of dihydropyridines is 1. The molecule has 3 unspecified atom stereocenters. The first kappa shape index (κ1) is 63.4. The van der Waals surface area contributed by atoms with E-state index in [0.29, 0.717) is 34.4 Å². The number of nitrogens with two attached hydrogens (primary N) is 1. The third-order valence-electron chi connectivity index (χ3n) is 16.1. The molecular weight excluding hydrogens is 1120 g/mol. The van der Waals surface area contributed by atoms with Crippen molar-refractivity contribution in [3.8, 4) is 0 Å². The van der Waals surface area contributed by atoms with Crippen molar-refractivity contribution in [2.24, 2.45) is 16.6 Å². The third-order valence-corrected chi connectivity index (χ3v) is 16.1. The summed E-state index contributed by atoms with van der Waals surface area (Å²) in [6, 6.07) is 5.93. The predicted molar refractivity (Wildman–Crippen MR) is 292 cm³/mol. The Labute approximate surface area is 484 Å². The number of hydrogen-bond acceptors (Lipinski definition) is 19. The number of hydrogen-bond donors (Lipinski definition) is 13. The number of carbonyl (C=O) groups excluding carboxylic acids is 8. The standard InChI is InChI=1S/C56H70F2N10O17/c1-4-56(82)31-15-37-46-29(21-68(37)52(79)30(31)23-84-54(56)81)45-34(12-10-28-26(2)32(57)16-35(66-46)44(28)45)67-53(80)55(3,58)24-83-25-64-42(72)19-63-51(78)36(14-27-8-6-5-7-9-27)65-43(73)20-61-41(71)18-62-50(77)33(59)11-13-40(70)60-17-38-47(74)49(76)48(75)39(22-69)85-38/h5-9,15-16,33-36,38-39,44,47-49,69,74-76,82H,4,10-14,17-25,59H2,1-3H3,(H,60,70)(H,61,71)(H,62,77)(H,63,78)(H,64,72)(H,65,73)(H,67,80)/t33-,34-,35?,36-,38-,39+,44?,47-,48+,49+,55?,56-/m0/s1. The lowest BCUT2D eigenvalue weighted by Gasteiger charge is -2.43. The minimum Gasteiger partial charge on any atom is -0.458 e. The molecule has 0 spiro atoms. The van der Waals surface area contributed by atoms with Crippen molar-refractivity contribution >= 4 is 53.0 Å². The Balaban J connectivity index is 0.785. The van der Waals surface area contributed by atoms with Crippen molar-refractivity contribution in [2.75, 3.05) is 46.1 Å². The largest absolute Gasteiger partial charge is 0.458 e. The van der Waals surface area contributed by atoms with Gasteiger partial charge in [-0.2, -0.15) is 0 Å². The number of halogens is 2. The molecule has 1 saturated carbocycles. The number of esters is 1. The van der Waals surface area contributed by atoms with Gasteiger partial charge in [0, 0.05) is 36.4 Å². The highest BCUT2D eigenvalue weighted by molar-refractivity contribution is 6.15. The average molecular weight is 1190 g/mol. The minimum absolute atomic E-state index is 0.0108. The van der Waals surface area contributed by atoms with Crippen molar-refractivity contribution in [2.45, 2.75) is 138 Å². The first-order valence-corrected chi connectivity index (χ1v) is 27.7. The van der Waals surface area contributed by atoms with Crippen LogP contribution in [0.3, 0.4) is 0 Å². The Bertz CT molecular complexity index is 3170. The summed E-state index contributed by atoms with van der Waals surface area (Å²) in [7, 11) is 0. The van der Waals surface area contributed by atoms with E-state index < -0.39 is 170 Å². The first-order chi connectivity index (χ1) is 40.4. The predicted octanol–water partition coefficient (Wildman–Crippen LogP) is -3.98. The molecule has 6 aliphatic rings. The van der Waals surface area contributed by atoms with Crippen molar-refractivity contribution in [3.63, 3.8) is 0 Å². The fourth-order valence-electron chi connectivity index (χ4n) is 11.2. The molecule has 4 aliphatic heterocycles. The molecule has 5 heterocycles. The van der Waals surface area contributed by atoms with Gasteiger partial charge in [0.15, 0.2) is 5.60 Å². The second-order valence-electron chi connectivity index (χ2n) is 21.8. The number of aliphatic hydroxyl groups is 5. The summed E-state index contributed by atoms with van der Waals surface area (Å²) < 4.78 is 49.1. The highest BCUT2D eigenvalue weighted by Crippen LogP contribution is 2.50. The number of benzene rings is 1. The maximum Gasteiger partial charge on any atom is 0.343 e. The maximum absolute atomic E-state index is 16.3. The summed E-state index contributed by atoms with van der Waals surface area (Å²) in [6.45, 7) is -0.422. The van der Waals surface area contributed by atoms with E-state index in [4.69, 9.17) is 24.9 Å². The van der Waals surface area contributed by atoms with Gasteiger partial charge in [0.1, 0.15) is 55.7 Å². The average Bonchev–Trinajstić information content (AvgIpc) is 1.67. The van der Waals surface area contributed by atoms with Crippen LogP contribution in [0.2, 0.25) is 0 Å². The van der Waals surface area contributed by atoms with Gasteiger partial charge >= 0.3 is 5.97 Å². The monoisotopic (exact) mass is 1190 g/mol. The number of aliphatic imine (C=N–C) groups is 1. The molecule has 8 rings (SSSR count). The lowest BCUT2D eigenvalue weighted by Crippen LogP contribution is -2.60. The van der Waals surface area contributed by atoms with Gasteiger partial charge in [0.2, 0.25) is 41.1 Å². The molecular formula is C56H70F2N10O17. The number of rotatable bonds is 24. The fraction of sp³-hybridized carbons (Fsp3) is 0.536. The van der Waals surface area contributed by atoms with Gasteiger partial charge in [0.25, 0.3) is 11.5 Å². The summed E-state index contributed by atoms with van der Waals surface area (Å²) in [5.74, 6) is -7.60. The molecule has 14 N–H and O–H groups in total. The second kappa shape index (κ2) is 26.7. The maximum atomic E-state index is 16.3. The lowest BCUT2D eigenvalue weighted by atomic mass is 9.66. The minimum atomic E-state index is -2.68. The lowest BCUT2D eigenvalue weighted by molar-refractivity contribution is -0.227. The second-order valence-corrected chi connectivity index (χ2v) is 21.8. The van der Waals surface area contributed by atoms with Crippen LogP contribution in [-0.4, -0.2) is 190 Å². The first-order valence-electron chi connectivity index (χ1n) is 27.7. The number of alkyl halides is 1. The quantitative estimate of drug-likeness (QED) is 0.0271. The van der Waals surface area contributed by atoms with E-state index in [1.807, 2.05) is 0 Å². The summed E-state index contributed by atoms with van der Waals surface area (Å²) in [5, 5.41) is 67.9. The Kier molecular flexibility index (Phi) is 19.9. The van der Waals surface area contributed by atoms with Crippen LogP contribution >= 0.6 is 0 Å². The zero-order valence-electron chi connectivity index (χ0n) is 46.8.